The minimum Gasteiger partial charge on any atom is -0.421 e. The van der Waals surface area contributed by atoms with E-state index in [-0.39, 0.29) is 0 Å². The number of fused-ring (bicyclic) bond motifs is 1. The van der Waals surface area contributed by atoms with Gasteiger partial charge >= 0.3 is 0 Å². The normalized spacial score (nSPS) is 10.6. The summed E-state index contributed by atoms with van der Waals surface area (Å²) in [5.74, 6) is 1.52. The number of hydrogen-bond acceptors (Lipinski definition) is 5. The highest BCUT2D eigenvalue weighted by molar-refractivity contribution is 5.79. The van der Waals surface area contributed by atoms with Gasteiger partial charge in [-0.05, 0) is 18.2 Å². The van der Waals surface area contributed by atoms with Crippen LogP contribution < -0.4 is 4.74 Å². The molecule has 1 aromatic carbocycles. The Bertz CT molecular complexity index is 957. The number of hydrogen-bond donors (Lipinski definition) is 0. The molecule has 0 atom stereocenters. The van der Waals surface area contributed by atoms with Crippen molar-refractivity contribution in [3.05, 3.63) is 73.1 Å². The Hall–Kier alpha value is -3.34. The highest BCUT2D eigenvalue weighted by Crippen LogP contribution is 2.21. The molecular formula is C18H12N4O. The molecule has 0 N–H and O–H groups in total. The molecule has 23 heavy (non-hydrogen) atoms. The van der Waals surface area contributed by atoms with Crippen molar-refractivity contribution in [2.24, 2.45) is 0 Å². The Balaban J connectivity index is 1.69. The second-order valence-electron chi connectivity index (χ2n) is 4.88. The standard InChI is InChI=1S/C18H12N4O/c1-2-7-14-13(6-1)12-20-18(22-14)15-8-5-10-17(21-15)23-16-9-3-4-11-19-16/h1-12H. The molecule has 0 aliphatic carbocycles. The van der Waals surface area contributed by atoms with E-state index in [1.54, 1.807) is 24.5 Å². The van der Waals surface area contributed by atoms with Crippen molar-refractivity contribution in [3.8, 4) is 23.3 Å². The Morgan fingerprint density at radius 1 is 0.696 bits per heavy atom. The summed E-state index contributed by atoms with van der Waals surface area (Å²) in [6, 6.07) is 18.8. The lowest BCUT2D eigenvalue weighted by Crippen LogP contribution is -1.95. The van der Waals surface area contributed by atoms with Gasteiger partial charge in [0.1, 0.15) is 5.69 Å². The lowest BCUT2D eigenvalue weighted by molar-refractivity contribution is 0.445. The molecule has 110 valence electrons. The summed E-state index contributed by atoms with van der Waals surface area (Å²) in [5, 5.41) is 0.997. The molecule has 5 heteroatoms. The zero-order chi connectivity index (χ0) is 15.5. The van der Waals surface area contributed by atoms with E-state index in [2.05, 4.69) is 19.9 Å². The van der Waals surface area contributed by atoms with Crippen molar-refractivity contribution in [1.29, 1.82) is 0 Å². The van der Waals surface area contributed by atoms with E-state index in [0.29, 0.717) is 23.3 Å². The van der Waals surface area contributed by atoms with Crippen LogP contribution >= 0.6 is 0 Å². The molecule has 4 rings (SSSR count). The first kappa shape index (κ1) is 13.3. The van der Waals surface area contributed by atoms with Gasteiger partial charge in [0.05, 0.1) is 5.52 Å². The van der Waals surface area contributed by atoms with E-state index in [0.717, 1.165) is 10.9 Å². The molecule has 0 radical (unpaired) electrons. The highest BCUT2D eigenvalue weighted by atomic mass is 16.5. The van der Waals surface area contributed by atoms with Crippen LogP contribution in [0, 0.1) is 0 Å². The molecule has 0 spiro atoms. The molecule has 0 saturated heterocycles. The van der Waals surface area contributed by atoms with Crippen molar-refractivity contribution in [3.63, 3.8) is 0 Å². The smallest absolute Gasteiger partial charge is 0.221 e. The molecule has 0 unspecified atom stereocenters. The predicted molar refractivity (Wildman–Crippen MR) is 87.1 cm³/mol. The van der Waals surface area contributed by atoms with Crippen LogP contribution in [0.5, 0.6) is 11.8 Å². The predicted octanol–water partition coefficient (Wildman–Crippen LogP) is 3.88. The van der Waals surface area contributed by atoms with Gasteiger partial charge in [0.25, 0.3) is 0 Å². The quantitative estimate of drug-likeness (QED) is 0.574. The fourth-order valence-electron chi connectivity index (χ4n) is 2.21. The fourth-order valence-corrected chi connectivity index (χ4v) is 2.21. The Kier molecular flexibility index (Phi) is 3.37. The minimum absolute atomic E-state index is 0.456. The second kappa shape index (κ2) is 5.81. The lowest BCUT2D eigenvalue weighted by atomic mass is 10.2. The van der Waals surface area contributed by atoms with E-state index < -0.39 is 0 Å². The number of pyridine rings is 2. The topological polar surface area (TPSA) is 60.8 Å². The molecule has 0 aliphatic rings. The zero-order valence-electron chi connectivity index (χ0n) is 12.1. The van der Waals surface area contributed by atoms with Crippen molar-refractivity contribution in [2.45, 2.75) is 0 Å². The molecule has 0 fully saturated rings. The maximum absolute atomic E-state index is 5.65. The average Bonchev–Trinajstić information content (AvgIpc) is 2.62. The third-order valence-electron chi connectivity index (χ3n) is 3.29. The van der Waals surface area contributed by atoms with Crippen LogP contribution in [0.4, 0.5) is 0 Å². The first-order valence-electron chi connectivity index (χ1n) is 7.17. The van der Waals surface area contributed by atoms with Crippen LogP contribution in [-0.2, 0) is 0 Å². The van der Waals surface area contributed by atoms with E-state index in [9.17, 15) is 0 Å². The van der Waals surface area contributed by atoms with Gasteiger partial charge in [0, 0.05) is 29.9 Å². The minimum atomic E-state index is 0.456. The lowest BCUT2D eigenvalue weighted by Gasteiger charge is -2.05. The van der Waals surface area contributed by atoms with Crippen molar-refractivity contribution < 1.29 is 4.74 Å². The molecular weight excluding hydrogens is 288 g/mol. The summed E-state index contributed by atoms with van der Waals surface area (Å²) in [4.78, 5) is 17.5. The first-order valence-corrected chi connectivity index (χ1v) is 7.17. The van der Waals surface area contributed by atoms with Gasteiger partial charge in [0.15, 0.2) is 5.82 Å². The summed E-state index contributed by atoms with van der Waals surface area (Å²) in [7, 11) is 0. The van der Waals surface area contributed by atoms with Crippen LogP contribution in [0.2, 0.25) is 0 Å². The van der Waals surface area contributed by atoms with Crippen molar-refractivity contribution in [1.82, 2.24) is 19.9 Å². The van der Waals surface area contributed by atoms with Gasteiger partial charge < -0.3 is 4.74 Å². The van der Waals surface area contributed by atoms with Crippen molar-refractivity contribution >= 4 is 10.9 Å². The molecule has 0 amide bonds. The van der Waals surface area contributed by atoms with E-state index in [1.807, 2.05) is 48.5 Å². The molecule has 0 aliphatic heterocycles. The van der Waals surface area contributed by atoms with Gasteiger partial charge in [-0.15, -0.1) is 0 Å². The number of aromatic nitrogens is 4. The van der Waals surface area contributed by atoms with Gasteiger partial charge in [-0.2, -0.15) is 0 Å². The monoisotopic (exact) mass is 300 g/mol. The molecule has 0 bridgehead atoms. The number of benzene rings is 1. The third-order valence-corrected chi connectivity index (χ3v) is 3.29. The van der Waals surface area contributed by atoms with Crippen LogP contribution in [0.1, 0.15) is 0 Å². The Morgan fingerprint density at radius 2 is 1.57 bits per heavy atom. The number of nitrogens with zero attached hydrogens (tertiary/aromatic N) is 4. The largest absolute Gasteiger partial charge is 0.421 e. The maximum Gasteiger partial charge on any atom is 0.221 e. The molecule has 5 nitrogen and oxygen atoms in total. The molecule has 0 saturated carbocycles. The third kappa shape index (κ3) is 2.85. The highest BCUT2D eigenvalue weighted by Gasteiger charge is 2.07. The van der Waals surface area contributed by atoms with E-state index in [4.69, 9.17) is 4.74 Å². The van der Waals surface area contributed by atoms with E-state index in [1.165, 1.54) is 0 Å². The molecule has 3 aromatic heterocycles. The van der Waals surface area contributed by atoms with Gasteiger partial charge in [0.2, 0.25) is 11.8 Å². The van der Waals surface area contributed by atoms with Gasteiger partial charge in [-0.1, -0.05) is 30.3 Å². The zero-order valence-corrected chi connectivity index (χ0v) is 12.1. The summed E-state index contributed by atoms with van der Waals surface area (Å²) >= 11 is 0. The Labute approximate surface area is 132 Å². The number of ether oxygens (including phenoxy) is 1. The summed E-state index contributed by atoms with van der Waals surface area (Å²) < 4.78 is 5.65. The fraction of sp³-hybridized carbons (Fsp3) is 0. The van der Waals surface area contributed by atoms with E-state index >= 15 is 0 Å². The summed E-state index contributed by atoms with van der Waals surface area (Å²) in [6.07, 6.45) is 3.47. The van der Waals surface area contributed by atoms with Crippen molar-refractivity contribution in [2.75, 3.05) is 0 Å². The van der Waals surface area contributed by atoms with Gasteiger partial charge in [-0.25, -0.2) is 19.9 Å². The average molecular weight is 300 g/mol. The Morgan fingerprint density at radius 3 is 2.48 bits per heavy atom. The molecule has 3 heterocycles. The first-order chi connectivity index (χ1) is 11.4. The summed E-state index contributed by atoms with van der Waals surface area (Å²) in [6.45, 7) is 0. The van der Waals surface area contributed by atoms with Crippen LogP contribution in [0.15, 0.2) is 73.1 Å². The van der Waals surface area contributed by atoms with Gasteiger partial charge in [-0.3, -0.25) is 0 Å². The number of para-hydroxylation sites is 1. The van der Waals surface area contributed by atoms with Crippen LogP contribution in [0.25, 0.3) is 22.4 Å². The number of rotatable bonds is 3. The molecule has 4 aromatic rings. The maximum atomic E-state index is 5.65. The van der Waals surface area contributed by atoms with Crippen LogP contribution in [-0.4, -0.2) is 19.9 Å². The summed E-state index contributed by atoms with van der Waals surface area (Å²) in [5.41, 5.74) is 1.54. The van der Waals surface area contributed by atoms with Crippen LogP contribution in [0.3, 0.4) is 0 Å². The second-order valence-corrected chi connectivity index (χ2v) is 4.88. The SMILES string of the molecule is c1ccc(Oc2cccc(-c3ncc4ccccc4n3)n2)nc1.